The molecule has 0 saturated heterocycles. The van der Waals surface area contributed by atoms with Crippen molar-refractivity contribution in [1.29, 1.82) is 0 Å². The zero-order valence-electron chi connectivity index (χ0n) is 26.1. The van der Waals surface area contributed by atoms with Gasteiger partial charge in [0.2, 0.25) is 11.8 Å². The molecule has 0 fully saturated rings. The highest BCUT2D eigenvalue weighted by Gasteiger charge is 2.35. The number of sulfonamides is 1. The maximum atomic E-state index is 14.6. The molecule has 2 amide bonds. The summed E-state index contributed by atoms with van der Waals surface area (Å²) in [4.78, 5) is 29.8. The standard InChI is InChI=1S/C35H37Cl2N3O5S/c1-24(2)38-35(42)32(21-26-10-6-5-7-11-26)39(22-27-16-19-29(36)30(37)20-27)34(41)23-40(31-12-8-9-13-33(31)45-4)46(43,44)28-17-14-25(3)15-18-28/h5-20,24,32H,21-23H2,1-4H3,(H,38,42). The molecule has 0 aliphatic heterocycles. The number of rotatable bonds is 13. The number of ether oxygens (including phenoxy) is 1. The van der Waals surface area contributed by atoms with Crippen LogP contribution >= 0.6 is 23.2 Å². The van der Waals surface area contributed by atoms with Gasteiger partial charge >= 0.3 is 0 Å². The lowest BCUT2D eigenvalue weighted by Gasteiger charge is -2.34. The lowest BCUT2D eigenvalue weighted by atomic mass is 10.0. The van der Waals surface area contributed by atoms with Gasteiger partial charge in [0.05, 0.1) is 27.7 Å². The summed E-state index contributed by atoms with van der Waals surface area (Å²) in [6.45, 7) is 4.87. The van der Waals surface area contributed by atoms with Gasteiger partial charge in [-0.3, -0.25) is 13.9 Å². The Morgan fingerprint density at radius 2 is 1.50 bits per heavy atom. The number of amides is 2. The zero-order chi connectivity index (χ0) is 33.4. The van der Waals surface area contributed by atoms with E-state index < -0.39 is 28.5 Å². The third-order valence-electron chi connectivity index (χ3n) is 7.28. The number of hydrogen-bond acceptors (Lipinski definition) is 5. The summed E-state index contributed by atoms with van der Waals surface area (Å²) in [6.07, 6.45) is 0.186. The molecular weight excluding hydrogens is 645 g/mol. The second-order valence-electron chi connectivity index (χ2n) is 11.1. The van der Waals surface area contributed by atoms with Crippen molar-refractivity contribution >= 4 is 50.7 Å². The molecule has 0 aromatic heterocycles. The van der Waals surface area contributed by atoms with Crippen molar-refractivity contribution < 1.29 is 22.7 Å². The Labute approximate surface area is 280 Å². The summed E-state index contributed by atoms with van der Waals surface area (Å²) in [6, 6.07) is 26.1. The van der Waals surface area contributed by atoms with Gasteiger partial charge in [-0.25, -0.2) is 8.42 Å². The first-order chi connectivity index (χ1) is 21.9. The first kappa shape index (κ1) is 34.8. The third kappa shape index (κ3) is 8.60. The van der Waals surface area contributed by atoms with Crippen molar-refractivity contribution in [2.24, 2.45) is 0 Å². The topological polar surface area (TPSA) is 96.0 Å². The molecule has 0 saturated carbocycles. The summed E-state index contributed by atoms with van der Waals surface area (Å²) in [5.74, 6) is -0.717. The van der Waals surface area contributed by atoms with Crippen molar-refractivity contribution in [2.75, 3.05) is 18.0 Å². The zero-order valence-corrected chi connectivity index (χ0v) is 28.4. The Morgan fingerprint density at radius 3 is 2.13 bits per heavy atom. The number of aryl methyl sites for hydroxylation is 1. The van der Waals surface area contributed by atoms with Gasteiger partial charge in [-0.15, -0.1) is 0 Å². The highest BCUT2D eigenvalue weighted by molar-refractivity contribution is 7.92. The van der Waals surface area contributed by atoms with Crippen molar-refractivity contribution in [3.63, 3.8) is 0 Å². The van der Waals surface area contributed by atoms with Gasteiger partial charge in [-0.05, 0) is 68.3 Å². The predicted octanol–water partition coefficient (Wildman–Crippen LogP) is 6.67. The summed E-state index contributed by atoms with van der Waals surface area (Å²) in [7, 11) is -2.84. The number of methoxy groups -OCH3 is 1. The summed E-state index contributed by atoms with van der Waals surface area (Å²) >= 11 is 12.5. The van der Waals surface area contributed by atoms with Crippen molar-refractivity contribution in [3.8, 4) is 5.75 Å². The number of carbonyl (C=O) groups is 2. The molecular formula is C35H37Cl2N3O5S. The summed E-state index contributed by atoms with van der Waals surface area (Å²) in [5, 5.41) is 3.57. The minimum atomic E-state index is -4.27. The van der Waals surface area contributed by atoms with Gasteiger partial charge < -0.3 is 15.0 Å². The molecule has 0 aliphatic rings. The van der Waals surface area contributed by atoms with E-state index in [4.69, 9.17) is 27.9 Å². The van der Waals surface area contributed by atoms with Crippen LogP contribution in [0.1, 0.15) is 30.5 Å². The molecule has 0 bridgehead atoms. The Balaban J connectivity index is 1.84. The minimum absolute atomic E-state index is 0.00576. The smallest absolute Gasteiger partial charge is 0.264 e. The number of benzene rings is 4. The molecule has 4 aromatic carbocycles. The SMILES string of the molecule is COc1ccccc1N(CC(=O)N(Cc1ccc(Cl)c(Cl)c1)C(Cc1ccccc1)C(=O)NC(C)C)S(=O)(=O)c1ccc(C)cc1. The monoisotopic (exact) mass is 681 g/mol. The number of nitrogens with one attached hydrogen (secondary N) is 1. The lowest BCUT2D eigenvalue weighted by molar-refractivity contribution is -0.140. The van der Waals surface area contributed by atoms with Crippen LogP contribution in [0.5, 0.6) is 5.75 Å². The molecule has 1 atom stereocenters. The van der Waals surface area contributed by atoms with E-state index in [1.165, 1.54) is 24.1 Å². The first-order valence-corrected chi connectivity index (χ1v) is 16.9. The first-order valence-electron chi connectivity index (χ1n) is 14.7. The van der Waals surface area contributed by atoms with E-state index >= 15 is 0 Å². The quantitative estimate of drug-likeness (QED) is 0.170. The highest BCUT2D eigenvalue weighted by atomic mass is 35.5. The van der Waals surface area contributed by atoms with Crippen molar-refractivity contribution in [2.45, 2.75) is 50.7 Å². The van der Waals surface area contributed by atoms with Gasteiger partial charge in [-0.1, -0.05) is 89.4 Å². The summed E-state index contributed by atoms with van der Waals surface area (Å²) < 4.78 is 35.0. The molecule has 4 aromatic rings. The second kappa shape index (κ2) is 15.5. The van der Waals surface area contributed by atoms with E-state index in [1.807, 2.05) is 51.1 Å². The molecule has 11 heteroatoms. The largest absolute Gasteiger partial charge is 0.495 e. The van der Waals surface area contributed by atoms with Gasteiger partial charge in [0.1, 0.15) is 18.3 Å². The van der Waals surface area contributed by atoms with Crippen LogP contribution in [-0.4, -0.2) is 50.9 Å². The second-order valence-corrected chi connectivity index (χ2v) is 13.8. The minimum Gasteiger partial charge on any atom is -0.495 e. The normalized spacial score (nSPS) is 12.0. The Morgan fingerprint density at radius 1 is 0.848 bits per heavy atom. The average molecular weight is 683 g/mol. The van der Waals surface area contributed by atoms with Crippen LogP contribution in [-0.2, 0) is 32.6 Å². The maximum Gasteiger partial charge on any atom is 0.264 e. The van der Waals surface area contributed by atoms with Crippen molar-refractivity contribution in [3.05, 3.63) is 124 Å². The van der Waals surface area contributed by atoms with E-state index in [1.54, 1.807) is 54.6 Å². The van der Waals surface area contributed by atoms with Gasteiger partial charge in [-0.2, -0.15) is 0 Å². The van der Waals surface area contributed by atoms with Crippen LogP contribution in [0, 0.1) is 6.92 Å². The number of para-hydroxylation sites is 2. The van der Waals surface area contributed by atoms with E-state index in [0.717, 1.165) is 15.4 Å². The molecule has 0 aliphatic carbocycles. The van der Waals surface area contributed by atoms with E-state index in [2.05, 4.69) is 5.32 Å². The van der Waals surface area contributed by atoms with Crippen molar-refractivity contribution in [1.82, 2.24) is 10.2 Å². The van der Waals surface area contributed by atoms with Gasteiger partial charge in [0, 0.05) is 19.0 Å². The summed E-state index contributed by atoms with van der Waals surface area (Å²) in [5.41, 5.74) is 2.50. The predicted molar refractivity (Wildman–Crippen MR) is 183 cm³/mol. The Kier molecular flexibility index (Phi) is 11.7. The number of carbonyl (C=O) groups excluding carboxylic acids is 2. The Bertz CT molecular complexity index is 1770. The molecule has 8 nitrogen and oxygen atoms in total. The fourth-order valence-electron chi connectivity index (χ4n) is 4.96. The fourth-order valence-corrected chi connectivity index (χ4v) is 6.70. The molecule has 0 heterocycles. The van der Waals surface area contributed by atoms with Gasteiger partial charge in [0.25, 0.3) is 10.0 Å². The molecule has 1 N–H and O–H groups in total. The van der Waals surface area contributed by atoms with Crippen LogP contribution in [0.3, 0.4) is 0 Å². The maximum absolute atomic E-state index is 14.6. The number of hydrogen-bond donors (Lipinski definition) is 1. The number of anilines is 1. The Hall–Kier alpha value is -4.05. The molecule has 1 unspecified atom stereocenters. The van der Waals surface area contributed by atoms with Crippen LogP contribution in [0.4, 0.5) is 5.69 Å². The highest BCUT2D eigenvalue weighted by Crippen LogP contribution is 2.33. The molecule has 0 radical (unpaired) electrons. The number of nitrogens with zero attached hydrogens (tertiary/aromatic N) is 2. The molecule has 0 spiro atoms. The molecule has 242 valence electrons. The number of halogens is 2. The average Bonchev–Trinajstić information content (AvgIpc) is 3.03. The van der Waals surface area contributed by atoms with E-state index in [9.17, 15) is 18.0 Å². The van der Waals surface area contributed by atoms with Crippen LogP contribution < -0.4 is 14.4 Å². The van der Waals surface area contributed by atoms with E-state index in [-0.39, 0.29) is 46.3 Å². The lowest BCUT2D eigenvalue weighted by Crippen LogP contribution is -2.54. The van der Waals surface area contributed by atoms with Crippen LogP contribution in [0.2, 0.25) is 10.0 Å². The van der Waals surface area contributed by atoms with Crippen LogP contribution in [0.25, 0.3) is 0 Å². The van der Waals surface area contributed by atoms with Crippen LogP contribution in [0.15, 0.2) is 102 Å². The molecule has 46 heavy (non-hydrogen) atoms. The van der Waals surface area contributed by atoms with E-state index in [0.29, 0.717) is 10.6 Å². The van der Waals surface area contributed by atoms with Gasteiger partial charge in [0.15, 0.2) is 0 Å². The fraction of sp³-hybridized carbons (Fsp3) is 0.257. The molecule has 4 rings (SSSR count). The third-order valence-corrected chi connectivity index (χ3v) is 9.79.